The molecule has 1 rings (SSSR count). The second-order valence-corrected chi connectivity index (χ2v) is 6.71. The Bertz CT molecular complexity index is 463. The van der Waals surface area contributed by atoms with Crippen molar-refractivity contribution in [3.63, 3.8) is 0 Å². The number of rotatable bonds is 1. The van der Waals surface area contributed by atoms with Crippen molar-refractivity contribution >= 4 is 6.21 Å². The average molecular weight is 249 g/mol. The quantitative estimate of drug-likeness (QED) is 0.452. The van der Waals surface area contributed by atoms with Crippen LogP contribution in [0.5, 0.6) is 5.75 Å². The van der Waals surface area contributed by atoms with Crippen molar-refractivity contribution < 1.29 is 10.3 Å². The number of hydrogen-bond donors (Lipinski definition) is 2. The standard InChI is InChI=1S/C15H23NO2/c1-14(2,3)11-7-10(9-16-18)13(17)12(8-11)15(4,5)6/h7-9,17-18H,1-6H3/b16-9-. The maximum Gasteiger partial charge on any atom is 0.128 e. The van der Waals surface area contributed by atoms with Crippen LogP contribution in [0.1, 0.15) is 58.2 Å². The first-order valence-corrected chi connectivity index (χ1v) is 6.13. The fraction of sp³-hybridized carbons (Fsp3) is 0.533. The van der Waals surface area contributed by atoms with Gasteiger partial charge in [-0.1, -0.05) is 52.8 Å². The van der Waals surface area contributed by atoms with Gasteiger partial charge in [0.15, 0.2) is 0 Å². The maximum atomic E-state index is 10.2. The smallest absolute Gasteiger partial charge is 0.128 e. The van der Waals surface area contributed by atoms with E-state index in [1.165, 1.54) is 6.21 Å². The Morgan fingerprint density at radius 2 is 1.56 bits per heavy atom. The van der Waals surface area contributed by atoms with E-state index < -0.39 is 0 Å². The molecule has 0 saturated carbocycles. The number of nitrogens with zero attached hydrogens (tertiary/aromatic N) is 1. The van der Waals surface area contributed by atoms with Crippen LogP contribution in [0.2, 0.25) is 0 Å². The topological polar surface area (TPSA) is 52.8 Å². The normalized spacial score (nSPS) is 13.2. The van der Waals surface area contributed by atoms with Crippen molar-refractivity contribution in [2.75, 3.05) is 0 Å². The Kier molecular flexibility index (Phi) is 3.75. The van der Waals surface area contributed by atoms with E-state index in [-0.39, 0.29) is 16.6 Å². The Hall–Kier alpha value is -1.51. The third-order valence-electron chi connectivity index (χ3n) is 3.01. The van der Waals surface area contributed by atoms with E-state index in [1.807, 2.05) is 32.9 Å². The zero-order valence-electron chi connectivity index (χ0n) is 12.1. The van der Waals surface area contributed by atoms with Crippen molar-refractivity contribution in [3.8, 4) is 5.75 Å². The second kappa shape index (κ2) is 4.63. The molecule has 0 aliphatic heterocycles. The van der Waals surface area contributed by atoms with Gasteiger partial charge in [0, 0.05) is 11.1 Å². The molecule has 0 radical (unpaired) electrons. The minimum Gasteiger partial charge on any atom is -0.507 e. The first-order chi connectivity index (χ1) is 8.07. The van der Waals surface area contributed by atoms with Crippen LogP contribution in [0, 0.1) is 0 Å². The highest BCUT2D eigenvalue weighted by Gasteiger charge is 2.24. The number of oxime groups is 1. The van der Waals surface area contributed by atoms with Crippen LogP contribution in [-0.4, -0.2) is 16.5 Å². The molecule has 100 valence electrons. The van der Waals surface area contributed by atoms with E-state index in [0.29, 0.717) is 5.56 Å². The number of benzene rings is 1. The molecule has 0 bridgehead atoms. The third kappa shape index (κ3) is 3.03. The van der Waals surface area contributed by atoms with Crippen LogP contribution >= 0.6 is 0 Å². The van der Waals surface area contributed by atoms with Gasteiger partial charge in [-0.3, -0.25) is 0 Å². The molecule has 1 aromatic rings. The summed E-state index contributed by atoms with van der Waals surface area (Å²) in [6.45, 7) is 12.5. The summed E-state index contributed by atoms with van der Waals surface area (Å²) in [6.07, 6.45) is 1.28. The van der Waals surface area contributed by atoms with E-state index in [4.69, 9.17) is 5.21 Å². The molecule has 0 amide bonds. The van der Waals surface area contributed by atoms with Gasteiger partial charge in [0.1, 0.15) is 5.75 Å². The van der Waals surface area contributed by atoms with E-state index in [2.05, 4.69) is 25.9 Å². The van der Waals surface area contributed by atoms with Gasteiger partial charge in [-0.25, -0.2) is 0 Å². The lowest BCUT2D eigenvalue weighted by Crippen LogP contribution is -2.17. The highest BCUT2D eigenvalue weighted by molar-refractivity contribution is 5.84. The molecule has 3 nitrogen and oxygen atoms in total. The van der Waals surface area contributed by atoms with Gasteiger partial charge in [-0.15, -0.1) is 0 Å². The first kappa shape index (κ1) is 14.6. The highest BCUT2D eigenvalue weighted by Crippen LogP contribution is 2.36. The number of hydrogen-bond acceptors (Lipinski definition) is 3. The summed E-state index contributed by atoms with van der Waals surface area (Å²) in [5.74, 6) is 0.188. The van der Waals surface area contributed by atoms with E-state index in [1.54, 1.807) is 0 Å². The Labute approximate surface area is 109 Å². The van der Waals surface area contributed by atoms with Crippen molar-refractivity contribution in [1.82, 2.24) is 0 Å². The van der Waals surface area contributed by atoms with Crippen LogP contribution < -0.4 is 0 Å². The summed E-state index contributed by atoms with van der Waals surface area (Å²) < 4.78 is 0. The summed E-state index contributed by atoms with van der Waals surface area (Å²) >= 11 is 0. The molecule has 18 heavy (non-hydrogen) atoms. The zero-order valence-corrected chi connectivity index (χ0v) is 12.1. The van der Waals surface area contributed by atoms with Crippen LogP contribution in [0.15, 0.2) is 17.3 Å². The molecule has 2 N–H and O–H groups in total. The summed E-state index contributed by atoms with van der Waals surface area (Å²) in [5.41, 5.74) is 2.34. The molecular weight excluding hydrogens is 226 g/mol. The zero-order chi connectivity index (χ0) is 14.1. The van der Waals surface area contributed by atoms with Crippen LogP contribution in [0.25, 0.3) is 0 Å². The minimum absolute atomic E-state index is 0.0221. The predicted octanol–water partition coefficient (Wildman–Crippen LogP) is 3.80. The molecule has 0 fully saturated rings. The van der Waals surface area contributed by atoms with E-state index in [0.717, 1.165) is 11.1 Å². The SMILES string of the molecule is CC(C)(C)c1cc(/C=N\O)c(O)c(C(C)(C)C)c1. The van der Waals surface area contributed by atoms with Gasteiger partial charge in [0.2, 0.25) is 0 Å². The summed E-state index contributed by atoms with van der Waals surface area (Å²) in [4.78, 5) is 0. The minimum atomic E-state index is -0.163. The molecule has 0 heterocycles. The number of phenolic OH excluding ortho intramolecular Hbond substituents is 1. The third-order valence-corrected chi connectivity index (χ3v) is 3.01. The second-order valence-electron chi connectivity index (χ2n) is 6.71. The summed E-state index contributed by atoms with van der Waals surface area (Å²) in [6, 6.07) is 3.90. The molecule has 0 aromatic heterocycles. The van der Waals surface area contributed by atoms with Crippen molar-refractivity contribution in [2.45, 2.75) is 52.4 Å². The summed E-state index contributed by atoms with van der Waals surface area (Å²) in [7, 11) is 0. The molecular formula is C15H23NO2. The molecule has 0 atom stereocenters. The van der Waals surface area contributed by atoms with Gasteiger partial charge < -0.3 is 10.3 Å². The first-order valence-electron chi connectivity index (χ1n) is 6.13. The lowest BCUT2D eigenvalue weighted by molar-refractivity contribution is 0.321. The largest absolute Gasteiger partial charge is 0.507 e. The highest BCUT2D eigenvalue weighted by atomic mass is 16.4. The van der Waals surface area contributed by atoms with Crippen molar-refractivity contribution in [2.24, 2.45) is 5.16 Å². The molecule has 0 saturated heterocycles. The molecule has 3 heteroatoms. The average Bonchev–Trinajstić information content (AvgIpc) is 2.17. The van der Waals surface area contributed by atoms with Crippen molar-refractivity contribution in [1.29, 1.82) is 0 Å². The fourth-order valence-corrected chi connectivity index (χ4v) is 1.82. The van der Waals surface area contributed by atoms with Gasteiger partial charge in [0.25, 0.3) is 0 Å². The van der Waals surface area contributed by atoms with E-state index >= 15 is 0 Å². The molecule has 0 spiro atoms. The fourth-order valence-electron chi connectivity index (χ4n) is 1.82. The lowest BCUT2D eigenvalue weighted by Gasteiger charge is -2.26. The Morgan fingerprint density at radius 1 is 1.00 bits per heavy atom. The monoisotopic (exact) mass is 249 g/mol. The van der Waals surface area contributed by atoms with Gasteiger partial charge >= 0.3 is 0 Å². The number of aromatic hydroxyl groups is 1. The maximum absolute atomic E-state index is 10.2. The van der Waals surface area contributed by atoms with Gasteiger partial charge in [-0.05, 0) is 22.5 Å². The molecule has 0 unspecified atom stereocenters. The Balaban J connectivity index is 3.57. The molecule has 0 aliphatic rings. The lowest BCUT2D eigenvalue weighted by atomic mass is 9.79. The summed E-state index contributed by atoms with van der Waals surface area (Å²) in [5, 5.41) is 22.0. The van der Waals surface area contributed by atoms with Crippen LogP contribution in [-0.2, 0) is 10.8 Å². The van der Waals surface area contributed by atoms with Crippen molar-refractivity contribution in [3.05, 3.63) is 28.8 Å². The van der Waals surface area contributed by atoms with Gasteiger partial charge in [0.05, 0.1) is 6.21 Å². The molecule has 0 aliphatic carbocycles. The number of phenols is 1. The molecule has 1 aromatic carbocycles. The van der Waals surface area contributed by atoms with E-state index in [9.17, 15) is 5.11 Å². The Morgan fingerprint density at radius 3 is 1.94 bits per heavy atom. The predicted molar refractivity (Wildman–Crippen MR) is 74.9 cm³/mol. The van der Waals surface area contributed by atoms with Crippen LogP contribution in [0.4, 0.5) is 0 Å². The van der Waals surface area contributed by atoms with Gasteiger partial charge in [-0.2, -0.15) is 0 Å². The van der Waals surface area contributed by atoms with Crippen LogP contribution in [0.3, 0.4) is 0 Å².